The number of nitrogens with two attached hydrogens (primary N) is 1. The van der Waals surface area contributed by atoms with Crippen LogP contribution in [0.1, 0.15) is 62.9 Å². The van der Waals surface area contributed by atoms with E-state index in [4.69, 9.17) is 5.73 Å². The van der Waals surface area contributed by atoms with Crippen molar-refractivity contribution in [3.63, 3.8) is 0 Å². The van der Waals surface area contributed by atoms with Crippen molar-refractivity contribution in [2.75, 3.05) is 6.54 Å². The third-order valence-corrected chi connectivity index (χ3v) is 4.92. The molecular weight excluding hydrogens is 370 g/mol. The van der Waals surface area contributed by atoms with Crippen LogP contribution in [0.25, 0.3) is 0 Å². The van der Waals surface area contributed by atoms with Gasteiger partial charge in [-0.1, -0.05) is 45.9 Å². The first-order chi connectivity index (χ1) is 13.6. The molecule has 0 saturated carbocycles. The summed E-state index contributed by atoms with van der Waals surface area (Å²) in [5.41, 5.74) is 6.67. The fourth-order valence-corrected chi connectivity index (χ4v) is 3.30. The first-order valence-corrected chi connectivity index (χ1v) is 10.3. The minimum atomic E-state index is -0.851. The molecule has 1 rings (SSSR count). The van der Waals surface area contributed by atoms with Crippen molar-refractivity contribution in [2.24, 2.45) is 17.6 Å². The van der Waals surface area contributed by atoms with Gasteiger partial charge in [0.05, 0.1) is 0 Å². The Labute approximate surface area is 173 Å². The monoisotopic (exact) mass is 405 g/mol. The maximum Gasteiger partial charge on any atom is 0.320 e. The number of rotatable bonds is 13. The van der Waals surface area contributed by atoms with E-state index in [2.05, 4.69) is 10.6 Å². The standard InChI is InChI=1S/C22H35N3O4/c1-14(2)18(13-16-9-5-6-10-17(16)20(23)26)21(27)24-12-8-7-11-19(22(28)29)25-15(3)4/h5-6,9-10,14-15,18-19,25H,7-8,11-13H2,1-4H3,(H2,23,26)(H,24,27)(H,28,29)/t18-,19-/m0/s1. The molecule has 2 atom stereocenters. The molecule has 0 aliphatic rings. The Kier molecular flexibility index (Phi) is 10.4. The number of aliphatic carboxylic acids is 1. The number of unbranched alkanes of at least 4 members (excludes halogenated alkanes) is 1. The summed E-state index contributed by atoms with van der Waals surface area (Å²) < 4.78 is 0. The van der Waals surface area contributed by atoms with E-state index in [0.29, 0.717) is 37.8 Å². The molecule has 0 aliphatic carbocycles. The molecule has 0 radical (unpaired) electrons. The molecule has 0 aromatic heterocycles. The van der Waals surface area contributed by atoms with Gasteiger partial charge in [0.15, 0.2) is 0 Å². The molecule has 2 amide bonds. The van der Waals surface area contributed by atoms with Crippen molar-refractivity contribution in [3.8, 4) is 0 Å². The highest BCUT2D eigenvalue weighted by molar-refractivity contribution is 5.94. The lowest BCUT2D eigenvalue weighted by molar-refractivity contribution is -0.140. The van der Waals surface area contributed by atoms with E-state index in [9.17, 15) is 19.5 Å². The van der Waals surface area contributed by atoms with Crippen LogP contribution >= 0.6 is 0 Å². The Balaban J connectivity index is 2.56. The van der Waals surface area contributed by atoms with Crippen LogP contribution in [-0.4, -0.2) is 41.5 Å². The van der Waals surface area contributed by atoms with Crippen LogP contribution in [-0.2, 0) is 16.0 Å². The molecule has 0 bridgehead atoms. The number of benzene rings is 1. The molecule has 7 heteroatoms. The Morgan fingerprint density at radius 1 is 1.07 bits per heavy atom. The van der Waals surface area contributed by atoms with Gasteiger partial charge < -0.3 is 21.5 Å². The Morgan fingerprint density at radius 2 is 1.72 bits per heavy atom. The maximum absolute atomic E-state index is 12.7. The lowest BCUT2D eigenvalue weighted by Crippen LogP contribution is -2.41. The van der Waals surface area contributed by atoms with Gasteiger partial charge in [-0.25, -0.2) is 0 Å². The molecule has 7 nitrogen and oxygen atoms in total. The van der Waals surface area contributed by atoms with Gasteiger partial charge in [0.25, 0.3) is 0 Å². The van der Waals surface area contributed by atoms with Crippen molar-refractivity contribution in [1.82, 2.24) is 10.6 Å². The summed E-state index contributed by atoms with van der Waals surface area (Å²) in [5.74, 6) is -1.58. The second-order valence-electron chi connectivity index (χ2n) is 8.08. The highest BCUT2D eigenvalue weighted by Crippen LogP contribution is 2.20. The van der Waals surface area contributed by atoms with Crippen LogP contribution < -0.4 is 16.4 Å². The van der Waals surface area contributed by atoms with Crippen molar-refractivity contribution in [3.05, 3.63) is 35.4 Å². The fraction of sp³-hybridized carbons (Fsp3) is 0.591. The Bertz CT molecular complexity index is 688. The van der Waals surface area contributed by atoms with Crippen LogP contribution in [0.3, 0.4) is 0 Å². The minimum Gasteiger partial charge on any atom is -0.480 e. The number of amides is 2. The summed E-state index contributed by atoms with van der Waals surface area (Å²) in [6.45, 7) is 8.28. The summed E-state index contributed by atoms with van der Waals surface area (Å²) >= 11 is 0. The first kappa shape index (κ1) is 24.6. The predicted molar refractivity (Wildman–Crippen MR) is 114 cm³/mol. The van der Waals surface area contributed by atoms with Crippen LogP contribution in [0.4, 0.5) is 0 Å². The number of hydrogen-bond donors (Lipinski definition) is 4. The van der Waals surface area contributed by atoms with E-state index < -0.39 is 17.9 Å². The van der Waals surface area contributed by atoms with E-state index in [-0.39, 0.29) is 23.8 Å². The molecule has 0 aliphatic heterocycles. The lowest BCUT2D eigenvalue weighted by atomic mass is 9.86. The number of carbonyl (C=O) groups is 3. The molecule has 0 heterocycles. The van der Waals surface area contributed by atoms with E-state index in [1.807, 2.05) is 39.8 Å². The molecule has 0 unspecified atom stereocenters. The first-order valence-electron chi connectivity index (χ1n) is 10.3. The Morgan fingerprint density at radius 3 is 2.28 bits per heavy atom. The van der Waals surface area contributed by atoms with Crippen LogP contribution in [0.15, 0.2) is 24.3 Å². The van der Waals surface area contributed by atoms with Crippen molar-refractivity contribution in [1.29, 1.82) is 0 Å². The molecule has 162 valence electrons. The normalized spacial score (nSPS) is 13.3. The van der Waals surface area contributed by atoms with Crippen LogP contribution in [0.2, 0.25) is 0 Å². The van der Waals surface area contributed by atoms with Gasteiger partial charge in [-0.15, -0.1) is 0 Å². The average Bonchev–Trinajstić information content (AvgIpc) is 2.64. The van der Waals surface area contributed by atoms with Crippen molar-refractivity contribution >= 4 is 17.8 Å². The summed E-state index contributed by atoms with van der Waals surface area (Å²) in [4.78, 5) is 35.6. The van der Waals surface area contributed by atoms with Gasteiger partial charge in [-0.3, -0.25) is 14.4 Å². The smallest absolute Gasteiger partial charge is 0.320 e. The van der Waals surface area contributed by atoms with E-state index in [0.717, 1.165) is 5.56 Å². The predicted octanol–water partition coefficient (Wildman–Crippen LogP) is 2.34. The quantitative estimate of drug-likeness (QED) is 0.375. The summed E-state index contributed by atoms with van der Waals surface area (Å²) in [6, 6.07) is 6.63. The van der Waals surface area contributed by atoms with Crippen LogP contribution in [0, 0.1) is 11.8 Å². The van der Waals surface area contributed by atoms with E-state index in [1.165, 1.54) is 0 Å². The van der Waals surface area contributed by atoms with Gasteiger partial charge in [-0.2, -0.15) is 0 Å². The SMILES string of the molecule is CC(C)N[C@@H](CCCCNC(=O)[C@@H](Cc1ccccc1C(N)=O)C(C)C)C(=O)O. The highest BCUT2D eigenvalue weighted by atomic mass is 16.4. The molecular formula is C22H35N3O4. The van der Waals surface area contributed by atoms with Crippen LogP contribution in [0.5, 0.6) is 0 Å². The second-order valence-corrected chi connectivity index (χ2v) is 8.08. The molecule has 1 aromatic rings. The number of nitrogens with one attached hydrogen (secondary N) is 2. The van der Waals surface area contributed by atoms with Gasteiger partial charge >= 0.3 is 5.97 Å². The van der Waals surface area contributed by atoms with Crippen molar-refractivity contribution in [2.45, 2.75) is 65.5 Å². The zero-order chi connectivity index (χ0) is 22.0. The van der Waals surface area contributed by atoms with Gasteiger partial charge in [0.2, 0.25) is 11.8 Å². The second kappa shape index (κ2) is 12.2. The minimum absolute atomic E-state index is 0.0608. The largest absolute Gasteiger partial charge is 0.480 e. The topological polar surface area (TPSA) is 122 Å². The number of hydrogen-bond acceptors (Lipinski definition) is 4. The molecule has 0 fully saturated rings. The summed E-state index contributed by atoms with van der Waals surface area (Å²) in [6.07, 6.45) is 2.37. The number of carbonyl (C=O) groups excluding carboxylic acids is 2. The third kappa shape index (κ3) is 8.64. The van der Waals surface area contributed by atoms with Crippen molar-refractivity contribution < 1.29 is 19.5 Å². The number of carboxylic acids is 1. The fourth-order valence-electron chi connectivity index (χ4n) is 3.30. The van der Waals surface area contributed by atoms with Gasteiger partial charge in [0, 0.05) is 24.1 Å². The molecule has 1 aromatic carbocycles. The van der Waals surface area contributed by atoms with Gasteiger partial charge in [0.1, 0.15) is 6.04 Å². The zero-order valence-corrected chi connectivity index (χ0v) is 17.9. The molecule has 0 spiro atoms. The average molecular weight is 406 g/mol. The Hall–Kier alpha value is -2.41. The zero-order valence-electron chi connectivity index (χ0n) is 17.9. The maximum atomic E-state index is 12.7. The van der Waals surface area contributed by atoms with E-state index in [1.54, 1.807) is 12.1 Å². The number of primary amides is 1. The third-order valence-electron chi connectivity index (χ3n) is 4.92. The highest BCUT2D eigenvalue weighted by Gasteiger charge is 2.24. The van der Waals surface area contributed by atoms with Gasteiger partial charge in [-0.05, 0) is 43.2 Å². The van der Waals surface area contributed by atoms with E-state index >= 15 is 0 Å². The molecule has 0 saturated heterocycles. The lowest BCUT2D eigenvalue weighted by Gasteiger charge is -2.21. The number of carboxylic acid groups (broad SMARTS) is 1. The summed E-state index contributed by atoms with van der Waals surface area (Å²) in [5, 5.41) is 15.2. The molecule has 5 N–H and O–H groups in total. The summed E-state index contributed by atoms with van der Waals surface area (Å²) in [7, 11) is 0. The molecule has 29 heavy (non-hydrogen) atoms.